The smallest absolute Gasteiger partial charge is 0.429 e. The zero-order chi connectivity index (χ0) is 20.4. The normalized spacial score (nSPS) is 11.6. The molecule has 4 rings (SSSR count). The highest BCUT2D eigenvalue weighted by Crippen LogP contribution is 2.39. The SMILES string of the molecule is COc1cccc(Sc2nc(Nc3ncsc3C(F)(F)F)c3ccccc3n2)c1. The lowest BCUT2D eigenvalue weighted by molar-refractivity contribution is -0.133. The molecule has 10 heteroatoms. The first-order chi connectivity index (χ1) is 13.9. The minimum Gasteiger partial charge on any atom is -0.497 e. The van der Waals surface area contributed by atoms with Crippen LogP contribution in [0, 0.1) is 0 Å². The molecule has 0 amide bonds. The van der Waals surface area contributed by atoms with Crippen molar-refractivity contribution in [2.24, 2.45) is 0 Å². The van der Waals surface area contributed by atoms with Crippen molar-refractivity contribution in [1.29, 1.82) is 0 Å². The van der Waals surface area contributed by atoms with Gasteiger partial charge in [0.15, 0.2) is 15.9 Å². The van der Waals surface area contributed by atoms with Crippen LogP contribution in [0.1, 0.15) is 4.88 Å². The molecule has 2 heterocycles. The van der Waals surface area contributed by atoms with Crippen LogP contribution in [0.4, 0.5) is 24.8 Å². The first-order valence-corrected chi connectivity index (χ1v) is 10.00. The van der Waals surface area contributed by atoms with Crippen LogP contribution >= 0.6 is 23.1 Å². The molecule has 0 bridgehead atoms. The van der Waals surface area contributed by atoms with Crippen LogP contribution in [0.15, 0.2) is 64.1 Å². The first kappa shape index (κ1) is 19.5. The minimum absolute atomic E-state index is 0.261. The molecule has 0 fully saturated rings. The number of rotatable bonds is 5. The molecule has 148 valence electrons. The number of ether oxygens (including phenoxy) is 1. The van der Waals surface area contributed by atoms with Crippen molar-refractivity contribution in [3.8, 4) is 5.75 Å². The molecule has 0 aliphatic carbocycles. The highest BCUT2D eigenvalue weighted by Gasteiger charge is 2.36. The van der Waals surface area contributed by atoms with E-state index < -0.39 is 11.1 Å². The van der Waals surface area contributed by atoms with Gasteiger partial charge in [-0.15, -0.1) is 11.3 Å². The third kappa shape index (κ3) is 4.28. The lowest BCUT2D eigenvalue weighted by atomic mass is 10.2. The van der Waals surface area contributed by atoms with E-state index in [1.165, 1.54) is 11.8 Å². The number of nitrogens with one attached hydrogen (secondary N) is 1. The maximum Gasteiger partial charge on any atom is 0.429 e. The molecule has 2 aromatic heterocycles. The van der Waals surface area contributed by atoms with Crippen LogP contribution in [0.2, 0.25) is 0 Å². The second kappa shape index (κ2) is 7.88. The topological polar surface area (TPSA) is 59.9 Å². The Bertz CT molecular complexity index is 1160. The fourth-order valence-electron chi connectivity index (χ4n) is 2.61. The van der Waals surface area contributed by atoms with E-state index >= 15 is 0 Å². The maximum atomic E-state index is 13.2. The number of fused-ring (bicyclic) bond motifs is 1. The van der Waals surface area contributed by atoms with E-state index in [4.69, 9.17) is 4.74 Å². The average molecular weight is 434 g/mol. The first-order valence-electron chi connectivity index (χ1n) is 8.30. The molecule has 0 saturated heterocycles. The van der Waals surface area contributed by atoms with Crippen molar-refractivity contribution < 1.29 is 17.9 Å². The number of nitrogens with zero attached hydrogens (tertiary/aromatic N) is 3. The number of benzene rings is 2. The lowest BCUT2D eigenvalue weighted by Gasteiger charge is -2.11. The quantitative estimate of drug-likeness (QED) is 0.388. The van der Waals surface area contributed by atoms with Gasteiger partial charge >= 0.3 is 6.18 Å². The predicted molar refractivity (Wildman–Crippen MR) is 107 cm³/mol. The summed E-state index contributed by atoms with van der Waals surface area (Å²) in [6.45, 7) is 0. The van der Waals surface area contributed by atoms with E-state index in [-0.39, 0.29) is 11.6 Å². The predicted octanol–water partition coefficient (Wildman–Crippen LogP) is 6.01. The van der Waals surface area contributed by atoms with Gasteiger partial charge in [0.2, 0.25) is 0 Å². The zero-order valence-corrected chi connectivity index (χ0v) is 16.5. The van der Waals surface area contributed by atoms with E-state index in [1.54, 1.807) is 25.3 Å². The van der Waals surface area contributed by atoms with Crippen molar-refractivity contribution in [1.82, 2.24) is 15.0 Å². The number of hydrogen-bond donors (Lipinski definition) is 1. The number of thiazole rings is 1. The number of para-hydroxylation sites is 1. The van der Waals surface area contributed by atoms with Gasteiger partial charge in [-0.25, -0.2) is 15.0 Å². The number of anilines is 2. The highest BCUT2D eigenvalue weighted by molar-refractivity contribution is 7.99. The van der Waals surface area contributed by atoms with Crippen molar-refractivity contribution in [3.05, 3.63) is 58.9 Å². The molecule has 2 aromatic carbocycles. The van der Waals surface area contributed by atoms with Crippen LogP contribution < -0.4 is 10.1 Å². The fourth-order valence-corrected chi connectivity index (χ4v) is 4.04. The number of halogens is 3. The van der Waals surface area contributed by atoms with Crippen molar-refractivity contribution in [2.75, 3.05) is 12.4 Å². The number of hydrogen-bond acceptors (Lipinski definition) is 7. The van der Waals surface area contributed by atoms with Crippen LogP contribution in [0.25, 0.3) is 10.9 Å². The molecule has 0 spiro atoms. The lowest BCUT2D eigenvalue weighted by Crippen LogP contribution is -2.07. The van der Waals surface area contributed by atoms with Gasteiger partial charge in [-0.2, -0.15) is 13.2 Å². The fraction of sp³-hybridized carbons (Fsp3) is 0.105. The summed E-state index contributed by atoms with van der Waals surface area (Å²) in [5.41, 5.74) is 1.76. The zero-order valence-electron chi connectivity index (χ0n) is 14.9. The molecule has 0 aliphatic rings. The summed E-state index contributed by atoms with van der Waals surface area (Å²) in [5, 5.41) is 3.73. The Morgan fingerprint density at radius 2 is 1.86 bits per heavy atom. The summed E-state index contributed by atoms with van der Waals surface area (Å²) in [7, 11) is 1.57. The van der Waals surface area contributed by atoms with Gasteiger partial charge in [0.05, 0.1) is 18.1 Å². The van der Waals surface area contributed by atoms with Gasteiger partial charge in [-0.3, -0.25) is 0 Å². The third-order valence-electron chi connectivity index (χ3n) is 3.89. The van der Waals surface area contributed by atoms with Crippen molar-refractivity contribution >= 4 is 45.6 Å². The molecule has 0 aliphatic heterocycles. The summed E-state index contributed by atoms with van der Waals surface area (Å²) in [6.07, 6.45) is -4.50. The molecule has 0 unspecified atom stereocenters. The Hall–Kier alpha value is -2.85. The van der Waals surface area contributed by atoms with Crippen molar-refractivity contribution in [3.63, 3.8) is 0 Å². The Kier molecular flexibility index (Phi) is 5.29. The second-order valence-corrected chi connectivity index (χ2v) is 7.70. The van der Waals surface area contributed by atoms with Gasteiger partial charge in [-0.05, 0) is 42.1 Å². The van der Waals surface area contributed by atoms with Gasteiger partial charge in [0.25, 0.3) is 0 Å². The van der Waals surface area contributed by atoms with E-state index in [2.05, 4.69) is 20.3 Å². The Balaban J connectivity index is 1.74. The summed E-state index contributed by atoms with van der Waals surface area (Å²) in [5.74, 6) is 0.674. The second-order valence-electron chi connectivity index (χ2n) is 5.81. The molecular formula is C19H13F3N4OS2. The van der Waals surface area contributed by atoms with Gasteiger partial charge in [-0.1, -0.05) is 18.2 Å². The highest BCUT2D eigenvalue weighted by atomic mass is 32.2. The number of aromatic nitrogens is 3. The number of alkyl halides is 3. The van der Waals surface area contributed by atoms with Gasteiger partial charge in [0, 0.05) is 10.3 Å². The largest absolute Gasteiger partial charge is 0.497 e. The minimum atomic E-state index is -4.50. The molecule has 0 atom stereocenters. The maximum absolute atomic E-state index is 13.2. The molecular weight excluding hydrogens is 421 g/mol. The number of methoxy groups -OCH3 is 1. The van der Waals surface area contributed by atoms with E-state index in [1.807, 2.05) is 30.3 Å². The molecule has 0 radical (unpaired) electrons. The van der Waals surface area contributed by atoms with Crippen LogP contribution in [-0.4, -0.2) is 22.1 Å². The average Bonchev–Trinajstić information content (AvgIpc) is 3.17. The standard InChI is InChI=1S/C19H13F3N4OS2/c1-27-11-5-4-6-12(9-11)29-18-24-14-8-3-2-7-13(14)16(26-18)25-17-15(19(20,21)22)28-10-23-17/h2-10H,1H3,(H,24,25,26). The van der Waals surface area contributed by atoms with Gasteiger partial charge < -0.3 is 10.1 Å². The summed E-state index contributed by atoms with van der Waals surface area (Å²) >= 11 is 1.82. The van der Waals surface area contributed by atoms with E-state index in [0.29, 0.717) is 33.1 Å². The molecule has 1 N–H and O–H groups in total. The molecule has 4 aromatic rings. The Morgan fingerprint density at radius 3 is 2.66 bits per heavy atom. The van der Waals surface area contributed by atoms with Gasteiger partial charge in [0.1, 0.15) is 11.6 Å². The van der Waals surface area contributed by atoms with E-state index in [0.717, 1.165) is 10.4 Å². The van der Waals surface area contributed by atoms with Crippen LogP contribution in [0.3, 0.4) is 0 Å². The molecule has 0 saturated carbocycles. The van der Waals surface area contributed by atoms with Crippen molar-refractivity contribution in [2.45, 2.75) is 16.2 Å². The van der Waals surface area contributed by atoms with Crippen LogP contribution in [-0.2, 0) is 6.18 Å². The molecule has 29 heavy (non-hydrogen) atoms. The Labute approximate surface area is 172 Å². The summed E-state index contributed by atoms with van der Waals surface area (Å²) < 4.78 is 44.9. The Morgan fingerprint density at radius 1 is 1.03 bits per heavy atom. The third-order valence-corrected chi connectivity index (χ3v) is 5.62. The molecule has 5 nitrogen and oxygen atoms in total. The monoisotopic (exact) mass is 434 g/mol. The summed E-state index contributed by atoms with van der Waals surface area (Å²) in [6, 6.07) is 14.5. The van der Waals surface area contributed by atoms with E-state index in [9.17, 15) is 13.2 Å². The van der Waals surface area contributed by atoms with Crippen LogP contribution in [0.5, 0.6) is 5.75 Å². The summed E-state index contributed by atoms with van der Waals surface area (Å²) in [4.78, 5) is 12.8.